The Labute approximate surface area is 122 Å². The van der Waals surface area contributed by atoms with Gasteiger partial charge in [-0.1, -0.05) is 41.4 Å². The molecular weight excluding hydrogens is 281 g/mol. The van der Waals surface area contributed by atoms with Gasteiger partial charge in [-0.2, -0.15) is 0 Å². The summed E-state index contributed by atoms with van der Waals surface area (Å²) in [5.41, 5.74) is 2.45. The standard InChI is InChI=1S/C15H13Cl2NO/c1-18(9-11-5-7-12(16)8-6-11)15-4-2-3-14(17)13(15)10-19/h2-8,10H,9H2,1H3. The second-order valence-corrected chi connectivity index (χ2v) is 5.12. The molecule has 0 saturated heterocycles. The van der Waals surface area contributed by atoms with Gasteiger partial charge in [-0.25, -0.2) is 0 Å². The fourth-order valence-corrected chi connectivity index (χ4v) is 2.26. The molecule has 0 aliphatic rings. The minimum Gasteiger partial charge on any atom is -0.370 e. The maximum atomic E-state index is 11.1. The summed E-state index contributed by atoms with van der Waals surface area (Å²) in [7, 11) is 1.92. The van der Waals surface area contributed by atoms with E-state index in [2.05, 4.69) is 0 Å². The first-order valence-corrected chi connectivity index (χ1v) is 6.56. The molecule has 0 atom stereocenters. The number of carbonyl (C=O) groups is 1. The van der Waals surface area contributed by atoms with Crippen molar-refractivity contribution in [2.75, 3.05) is 11.9 Å². The summed E-state index contributed by atoms with van der Waals surface area (Å²) in [6, 6.07) is 13.1. The molecule has 0 bridgehead atoms. The predicted molar refractivity (Wildman–Crippen MR) is 80.4 cm³/mol. The Balaban J connectivity index is 2.25. The highest BCUT2D eigenvalue weighted by molar-refractivity contribution is 6.33. The Morgan fingerprint density at radius 1 is 1.11 bits per heavy atom. The van der Waals surface area contributed by atoms with Crippen LogP contribution in [-0.2, 0) is 6.54 Å². The van der Waals surface area contributed by atoms with E-state index in [1.807, 2.05) is 48.3 Å². The van der Waals surface area contributed by atoms with Gasteiger partial charge in [-0.15, -0.1) is 0 Å². The molecule has 19 heavy (non-hydrogen) atoms. The van der Waals surface area contributed by atoms with Crippen molar-refractivity contribution in [1.82, 2.24) is 0 Å². The van der Waals surface area contributed by atoms with E-state index < -0.39 is 0 Å². The molecule has 2 rings (SSSR count). The molecule has 0 aliphatic heterocycles. The third-order valence-corrected chi connectivity index (χ3v) is 3.47. The molecule has 0 radical (unpaired) electrons. The van der Waals surface area contributed by atoms with E-state index in [4.69, 9.17) is 23.2 Å². The molecule has 0 unspecified atom stereocenters. The van der Waals surface area contributed by atoms with Crippen LogP contribution in [0.3, 0.4) is 0 Å². The van der Waals surface area contributed by atoms with Gasteiger partial charge in [0.25, 0.3) is 0 Å². The lowest BCUT2D eigenvalue weighted by molar-refractivity contribution is 0.112. The van der Waals surface area contributed by atoms with E-state index in [9.17, 15) is 4.79 Å². The van der Waals surface area contributed by atoms with E-state index in [0.29, 0.717) is 22.2 Å². The second kappa shape index (κ2) is 6.09. The molecule has 0 heterocycles. The Bertz CT molecular complexity index is 581. The molecule has 0 spiro atoms. The number of nitrogens with zero attached hydrogens (tertiary/aromatic N) is 1. The average molecular weight is 294 g/mol. The summed E-state index contributed by atoms with van der Waals surface area (Å²) in [5, 5.41) is 1.18. The molecule has 0 aliphatic carbocycles. The van der Waals surface area contributed by atoms with Crippen LogP contribution in [0.2, 0.25) is 10.0 Å². The van der Waals surface area contributed by atoms with Gasteiger partial charge in [0.15, 0.2) is 6.29 Å². The van der Waals surface area contributed by atoms with E-state index >= 15 is 0 Å². The fraction of sp³-hybridized carbons (Fsp3) is 0.133. The molecule has 0 N–H and O–H groups in total. The van der Waals surface area contributed by atoms with Crippen molar-refractivity contribution < 1.29 is 4.79 Å². The van der Waals surface area contributed by atoms with Crippen LogP contribution in [-0.4, -0.2) is 13.3 Å². The quantitative estimate of drug-likeness (QED) is 0.777. The Morgan fingerprint density at radius 3 is 2.42 bits per heavy atom. The third-order valence-electron chi connectivity index (χ3n) is 2.89. The SMILES string of the molecule is CN(Cc1ccc(Cl)cc1)c1cccc(Cl)c1C=O. The topological polar surface area (TPSA) is 20.3 Å². The van der Waals surface area contributed by atoms with Gasteiger partial charge in [-0.3, -0.25) is 4.79 Å². The molecule has 4 heteroatoms. The third kappa shape index (κ3) is 3.28. The summed E-state index contributed by atoms with van der Waals surface area (Å²) in [6.07, 6.45) is 0.788. The number of carbonyl (C=O) groups excluding carboxylic acids is 1. The van der Waals surface area contributed by atoms with Crippen molar-refractivity contribution in [2.45, 2.75) is 6.54 Å². The highest BCUT2D eigenvalue weighted by Gasteiger charge is 2.10. The van der Waals surface area contributed by atoms with E-state index in [1.165, 1.54) is 0 Å². The van der Waals surface area contributed by atoms with Crippen LogP contribution >= 0.6 is 23.2 Å². The van der Waals surface area contributed by atoms with Gasteiger partial charge in [0.05, 0.1) is 10.6 Å². The zero-order chi connectivity index (χ0) is 13.8. The number of aldehydes is 1. The Hall–Kier alpha value is -1.51. The lowest BCUT2D eigenvalue weighted by Gasteiger charge is -2.21. The van der Waals surface area contributed by atoms with Gasteiger partial charge in [0.2, 0.25) is 0 Å². The summed E-state index contributed by atoms with van der Waals surface area (Å²) in [6.45, 7) is 0.679. The summed E-state index contributed by atoms with van der Waals surface area (Å²) in [5.74, 6) is 0. The molecular formula is C15H13Cl2NO. The smallest absolute Gasteiger partial charge is 0.153 e. The lowest BCUT2D eigenvalue weighted by atomic mass is 10.1. The highest BCUT2D eigenvalue weighted by Crippen LogP contribution is 2.26. The Morgan fingerprint density at radius 2 is 1.79 bits per heavy atom. The number of benzene rings is 2. The van der Waals surface area contributed by atoms with Crippen LogP contribution in [0.15, 0.2) is 42.5 Å². The average Bonchev–Trinajstić information content (AvgIpc) is 2.41. The zero-order valence-electron chi connectivity index (χ0n) is 10.4. The summed E-state index contributed by atoms with van der Waals surface area (Å²) >= 11 is 11.9. The maximum absolute atomic E-state index is 11.1. The Kier molecular flexibility index (Phi) is 4.46. The number of hydrogen-bond acceptors (Lipinski definition) is 2. The molecule has 0 aromatic heterocycles. The van der Waals surface area contributed by atoms with Crippen LogP contribution in [0.5, 0.6) is 0 Å². The number of hydrogen-bond donors (Lipinski definition) is 0. The molecule has 0 amide bonds. The van der Waals surface area contributed by atoms with Gasteiger partial charge < -0.3 is 4.90 Å². The normalized spacial score (nSPS) is 10.3. The first-order valence-electron chi connectivity index (χ1n) is 5.81. The van der Waals surface area contributed by atoms with Crippen molar-refractivity contribution in [3.63, 3.8) is 0 Å². The summed E-state index contributed by atoms with van der Waals surface area (Å²) < 4.78 is 0. The summed E-state index contributed by atoms with van der Waals surface area (Å²) in [4.78, 5) is 13.1. The molecule has 98 valence electrons. The van der Waals surface area contributed by atoms with Crippen LogP contribution in [0.25, 0.3) is 0 Å². The van der Waals surface area contributed by atoms with Crippen molar-refractivity contribution >= 4 is 35.2 Å². The predicted octanol–water partition coefficient (Wildman–Crippen LogP) is 4.44. The van der Waals surface area contributed by atoms with Crippen LogP contribution in [0, 0.1) is 0 Å². The first kappa shape index (κ1) is 13.9. The first-order chi connectivity index (χ1) is 9.11. The molecule has 0 saturated carbocycles. The van der Waals surface area contributed by atoms with Crippen LogP contribution in [0.4, 0.5) is 5.69 Å². The second-order valence-electron chi connectivity index (χ2n) is 4.27. The zero-order valence-corrected chi connectivity index (χ0v) is 11.9. The highest BCUT2D eigenvalue weighted by atomic mass is 35.5. The largest absolute Gasteiger partial charge is 0.370 e. The van der Waals surface area contributed by atoms with Crippen molar-refractivity contribution in [3.8, 4) is 0 Å². The minimum absolute atomic E-state index is 0.468. The monoisotopic (exact) mass is 293 g/mol. The van der Waals surface area contributed by atoms with Crippen molar-refractivity contribution in [1.29, 1.82) is 0 Å². The minimum atomic E-state index is 0.468. The van der Waals surface area contributed by atoms with E-state index in [1.54, 1.807) is 6.07 Å². The van der Waals surface area contributed by atoms with Crippen molar-refractivity contribution in [2.24, 2.45) is 0 Å². The van der Waals surface area contributed by atoms with Crippen LogP contribution in [0.1, 0.15) is 15.9 Å². The molecule has 2 aromatic carbocycles. The maximum Gasteiger partial charge on any atom is 0.153 e. The van der Waals surface area contributed by atoms with Gasteiger partial charge in [0.1, 0.15) is 0 Å². The van der Waals surface area contributed by atoms with Crippen molar-refractivity contribution in [3.05, 3.63) is 63.6 Å². The van der Waals surface area contributed by atoms with Gasteiger partial charge >= 0.3 is 0 Å². The molecule has 0 fully saturated rings. The van der Waals surface area contributed by atoms with Gasteiger partial charge in [0, 0.05) is 24.3 Å². The number of halogens is 2. The number of anilines is 1. The van der Waals surface area contributed by atoms with Crippen LogP contribution < -0.4 is 4.90 Å². The molecule has 2 nitrogen and oxygen atoms in total. The van der Waals surface area contributed by atoms with Gasteiger partial charge in [-0.05, 0) is 29.8 Å². The number of rotatable bonds is 4. The fourth-order valence-electron chi connectivity index (χ4n) is 1.92. The molecule has 2 aromatic rings. The van der Waals surface area contributed by atoms with E-state index in [0.717, 1.165) is 17.5 Å². The van der Waals surface area contributed by atoms with E-state index in [-0.39, 0.29) is 0 Å². The lowest BCUT2D eigenvalue weighted by Crippen LogP contribution is -2.18.